The monoisotopic (exact) mass is 328 g/mol. The predicted molar refractivity (Wildman–Crippen MR) is 82.2 cm³/mol. The first-order valence-electron chi connectivity index (χ1n) is 6.66. The van der Waals surface area contributed by atoms with E-state index in [9.17, 15) is 9.59 Å². The van der Waals surface area contributed by atoms with Gasteiger partial charge in [-0.1, -0.05) is 11.6 Å². The maximum Gasteiger partial charge on any atom is 0.260 e. The molecular weight excluding hydrogens is 320 g/mol. The highest BCUT2D eigenvalue weighted by Crippen LogP contribution is 2.34. The second kappa shape index (κ2) is 4.79. The van der Waals surface area contributed by atoms with Crippen molar-refractivity contribution < 1.29 is 14.3 Å². The Balaban J connectivity index is 2.05. The standard InChI is InChI=1S/C15H9ClN4O3/c1-23-15-8(3-2-4-17-15)20-6-18-12-9(20)5-7-10(11(12)16)14(22)19-13(7)21/h2-6H,1H3,(H,19,21,22). The molecule has 7 nitrogen and oxygen atoms in total. The molecule has 0 bridgehead atoms. The molecule has 23 heavy (non-hydrogen) atoms. The first kappa shape index (κ1) is 13.7. The summed E-state index contributed by atoms with van der Waals surface area (Å²) in [5.41, 5.74) is 2.06. The summed E-state index contributed by atoms with van der Waals surface area (Å²) in [4.78, 5) is 32.2. The van der Waals surface area contributed by atoms with Gasteiger partial charge in [0.2, 0.25) is 5.88 Å². The highest BCUT2D eigenvalue weighted by Gasteiger charge is 2.32. The summed E-state index contributed by atoms with van der Waals surface area (Å²) in [6.07, 6.45) is 3.16. The number of benzene rings is 1. The van der Waals surface area contributed by atoms with E-state index in [-0.39, 0.29) is 16.1 Å². The van der Waals surface area contributed by atoms with E-state index in [0.29, 0.717) is 22.6 Å². The number of halogens is 1. The zero-order chi connectivity index (χ0) is 16.1. The summed E-state index contributed by atoms with van der Waals surface area (Å²) in [6, 6.07) is 5.16. The number of amides is 2. The lowest BCUT2D eigenvalue weighted by molar-refractivity contribution is 0.0879. The molecule has 2 aromatic heterocycles. The van der Waals surface area contributed by atoms with Crippen LogP contribution in [0, 0.1) is 0 Å². The molecule has 3 heterocycles. The Morgan fingerprint density at radius 3 is 2.87 bits per heavy atom. The van der Waals surface area contributed by atoms with Gasteiger partial charge in [-0.3, -0.25) is 19.5 Å². The summed E-state index contributed by atoms with van der Waals surface area (Å²) in [7, 11) is 1.52. The molecule has 0 saturated heterocycles. The first-order valence-corrected chi connectivity index (χ1v) is 7.04. The summed E-state index contributed by atoms with van der Waals surface area (Å²) in [5.74, 6) is -0.575. The summed E-state index contributed by atoms with van der Waals surface area (Å²) >= 11 is 6.29. The molecule has 3 aromatic rings. The second-order valence-electron chi connectivity index (χ2n) is 4.91. The normalized spacial score (nSPS) is 13.3. The molecule has 0 fully saturated rings. The van der Waals surface area contributed by atoms with Crippen LogP contribution in [0.1, 0.15) is 20.7 Å². The number of imide groups is 1. The maximum atomic E-state index is 11.9. The van der Waals surface area contributed by atoms with Crippen LogP contribution in [-0.4, -0.2) is 33.5 Å². The molecule has 0 aliphatic carbocycles. The molecule has 1 N–H and O–H groups in total. The lowest BCUT2D eigenvalue weighted by Crippen LogP contribution is -2.20. The minimum Gasteiger partial charge on any atom is -0.480 e. The van der Waals surface area contributed by atoms with Crippen LogP contribution in [-0.2, 0) is 0 Å². The molecular formula is C15H9ClN4O3. The molecule has 2 amide bonds. The Hall–Kier alpha value is -2.93. The van der Waals surface area contributed by atoms with Gasteiger partial charge in [-0.25, -0.2) is 9.97 Å². The molecule has 1 aliphatic heterocycles. The number of methoxy groups -OCH3 is 1. The van der Waals surface area contributed by atoms with Crippen molar-refractivity contribution in [3.05, 3.63) is 46.9 Å². The van der Waals surface area contributed by atoms with E-state index in [1.54, 1.807) is 35.3 Å². The lowest BCUT2D eigenvalue weighted by atomic mass is 10.1. The van der Waals surface area contributed by atoms with Crippen molar-refractivity contribution in [3.63, 3.8) is 0 Å². The van der Waals surface area contributed by atoms with E-state index in [1.165, 1.54) is 7.11 Å². The van der Waals surface area contributed by atoms with Crippen molar-refractivity contribution in [1.82, 2.24) is 19.9 Å². The summed E-state index contributed by atoms with van der Waals surface area (Å²) < 4.78 is 6.96. The third kappa shape index (κ3) is 1.83. The topological polar surface area (TPSA) is 86.1 Å². The minimum absolute atomic E-state index is 0.155. The average Bonchev–Trinajstić information content (AvgIpc) is 3.10. The highest BCUT2D eigenvalue weighted by atomic mass is 35.5. The van der Waals surface area contributed by atoms with Crippen LogP contribution in [0.3, 0.4) is 0 Å². The van der Waals surface area contributed by atoms with Crippen molar-refractivity contribution in [2.45, 2.75) is 0 Å². The van der Waals surface area contributed by atoms with Gasteiger partial charge >= 0.3 is 0 Å². The Morgan fingerprint density at radius 1 is 1.26 bits per heavy atom. The number of hydrogen-bond acceptors (Lipinski definition) is 5. The number of fused-ring (bicyclic) bond motifs is 2. The largest absolute Gasteiger partial charge is 0.480 e. The van der Waals surface area contributed by atoms with Gasteiger partial charge in [0.1, 0.15) is 17.5 Å². The van der Waals surface area contributed by atoms with Crippen LogP contribution in [0.15, 0.2) is 30.7 Å². The van der Waals surface area contributed by atoms with Crippen LogP contribution in [0.4, 0.5) is 0 Å². The number of ether oxygens (including phenoxy) is 1. The number of hydrogen-bond donors (Lipinski definition) is 1. The van der Waals surface area contributed by atoms with Crippen LogP contribution >= 0.6 is 11.6 Å². The Kier molecular flexibility index (Phi) is 2.85. The minimum atomic E-state index is -0.509. The summed E-state index contributed by atoms with van der Waals surface area (Å²) in [5, 5.41) is 2.39. The molecule has 1 aromatic carbocycles. The molecule has 0 unspecified atom stereocenters. The van der Waals surface area contributed by atoms with Crippen LogP contribution < -0.4 is 10.1 Å². The van der Waals surface area contributed by atoms with Crippen LogP contribution in [0.5, 0.6) is 5.88 Å². The van der Waals surface area contributed by atoms with E-state index in [0.717, 1.165) is 0 Å². The number of carbonyl (C=O) groups is 2. The number of rotatable bonds is 2. The fourth-order valence-electron chi connectivity index (χ4n) is 2.66. The quantitative estimate of drug-likeness (QED) is 0.727. The van der Waals surface area contributed by atoms with Crippen LogP contribution in [0.25, 0.3) is 16.7 Å². The Labute approximate surface area is 134 Å². The van der Waals surface area contributed by atoms with Gasteiger partial charge in [-0.2, -0.15) is 0 Å². The molecule has 1 aliphatic rings. The number of imidazole rings is 1. The van der Waals surface area contributed by atoms with E-state index in [2.05, 4.69) is 15.3 Å². The molecule has 114 valence electrons. The van der Waals surface area contributed by atoms with Gasteiger partial charge in [-0.05, 0) is 18.2 Å². The zero-order valence-electron chi connectivity index (χ0n) is 11.8. The highest BCUT2D eigenvalue weighted by molar-refractivity contribution is 6.41. The molecule has 0 radical (unpaired) electrons. The van der Waals surface area contributed by atoms with E-state index < -0.39 is 11.8 Å². The average molecular weight is 329 g/mol. The number of nitrogens with zero attached hydrogens (tertiary/aromatic N) is 3. The second-order valence-corrected chi connectivity index (χ2v) is 5.29. The number of carbonyl (C=O) groups excluding carboxylic acids is 2. The van der Waals surface area contributed by atoms with Crippen molar-refractivity contribution in [3.8, 4) is 11.6 Å². The number of pyridine rings is 1. The molecule has 8 heteroatoms. The smallest absolute Gasteiger partial charge is 0.260 e. The van der Waals surface area contributed by atoms with E-state index in [1.807, 2.05) is 0 Å². The third-order valence-corrected chi connectivity index (χ3v) is 4.05. The van der Waals surface area contributed by atoms with Crippen molar-refractivity contribution in [2.24, 2.45) is 0 Å². The van der Waals surface area contributed by atoms with Crippen molar-refractivity contribution >= 4 is 34.4 Å². The van der Waals surface area contributed by atoms with Gasteiger partial charge in [0.15, 0.2) is 0 Å². The first-order chi connectivity index (χ1) is 11.1. The van der Waals surface area contributed by atoms with Gasteiger partial charge in [0.05, 0.1) is 28.8 Å². The SMILES string of the molecule is COc1ncccc1-n1cnc2c(Cl)c3c(cc21)C(=O)NC3=O. The Morgan fingerprint density at radius 2 is 2.09 bits per heavy atom. The van der Waals surface area contributed by atoms with E-state index >= 15 is 0 Å². The fourth-order valence-corrected chi connectivity index (χ4v) is 2.99. The lowest BCUT2D eigenvalue weighted by Gasteiger charge is -2.09. The molecule has 4 rings (SSSR count). The molecule has 0 spiro atoms. The van der Waals surface area contributed by atoms with Crippen LogP contribution in [0.2, 0.25) is 5.02 Å². The summed E-state index contributed by atoms with van der Waals surface area (Å²) in [6.45, 7) is 0. The number of nitrogens with one attached hydrogen (secondary N) is 1. The Bertz CT molecular complexity index is 996. The molecule has 0 atom stereocenters. The van der Waals surface area contributed by atoms with E-state index in [4.69, 9.17) is 16.3 Å². The van der Waals surface area contributed by atoms with Gasteiger partial charge < -0.3 is 4.74 Å². The third-order valence-electron chi connectivity index (χ3n) is 3.68. The van der Waals surface area contributed by atoms with Gasteiger partial charge in [0.25, 0.3) is 11.8 Å². The van der Waals surface area contributed by atoms with Gasteiger partial charge in [0, 0.05) is 6.20 Å². The predicted octanol–water partition coefficient (Wildman–Crippen LogP) is 1.97. The zero-order valence-corrected chi connectivity index (χ0v) is 12.6. The molecule has 0 saturated carbocycles. The fraction of sp³-hybridized carbons (Fsp3) is 0.0667. The maximum absolute atomic E-state index is 11.9. The van der Waals surface area contributed by atoms with Crippen molar-refractivity contribution in [2.75, 3.05) is 7.11 Å². The van der Waals surface area contributed by atoms with Gasteiger partial charge in [-0.15, -0.1) is 0 Å². The van der Waals surface area contributed by atoms with Crippen molar-refractivity contribution in [1.29, 1.82) is 0 Å². The number of aromatic nitrogens is 3.